The molecule has 2 amide bonds. The number of anilines is 2. The van der Waals surface area contributed by atoms with Crippen molar-refractivity contribution >= 4 is 23.5 Å². The van der Waals surface area contributed by atoms with Crippen molar-refractivity contribution in [2.24, 2.45) is 0 Å². The molecule has 2 aromatic carbocycles. The van der Waals surface area contributed by atoms with Gasteiger partial charge in [0.05, 0.1) is 12.1 Å². The van der Waals surface area contributed by atoms with E-state index in [4.69, 9.17) is 9.84 Å². The number of piperazine rings is 1. The molecule has 5 rings (SSSR count). The summed E-state index contributed by atoms with van der Waals surface area (Å²) in [7, 11) is 2.04. The van der Waals surface area contributed by atoms with E-state index in [1.54, 1.807) is 42.5 Å². The van der Waals surface area contributed by atoms with Crippen LogP contribution in [0.25, 0.3) is 11.4 Å². The minimum atomic E-state index is -1.46. The molecule has 42 heavy (non-hydrogen) atoms. The van der Waals surface area contributed by atoms with Crippen molar-refractivity contribution < 1.29 is 23.8 Å². The first kappa shape index (κ1) is 28.8. The molecule has 0 radical (unpaired) electrons. The third-order valence-corrected chi connectivity index (χ3v) is 7.36. The number of nitriles is 1. The summed E-state index contributed by atoms with van der Waals surface area (Å²) in [5.74, 6) is 0.285. The normalized spacial score (nSPS) is 19.2. The van der Waals surface area contributed by atoms with Gasteiger partial charge in [-0.05, 0) is 49.5 Å². The maximum absolute atomic E-state index is 14.7. The molecule has 218 valence electrons. The van der Waals surface area contributed by atoms with Crippen molar-refractivity contribution in [2.45, 2.75) is 18.7 Å². The highest BCUT2D eigenvalue weighted by molar-refractivity contribution is 5.94. The first-order chi connectivity index (χ1) is 20.3. The van der Waals surface area contributed by atoms with E-state index in [2.05, 4.69) is 31.2 Å². The van der Waals surface area contributed by atoms with Crippen LogP contribution >= 0.6 is 0 Å². The Hall–Kier alpha value is -4.67. The monoisotopic (exact) mass is 574 g/mol. The zero-order chi connectivity index (χ0) is 29.6. The van der Waals surface area contributed by atoms with Gasteiger partial charge in [-0.15, -0.1) is 0 Å². The minimum absolute atomic E-state index is 0.00196. The summed E-state index contributed by atoms with van der Waals surface area (Å²) in [6.07, 6.45) is -0.715. The summed E-state index contributed by atoms with van der Waals surface area (Å²) >= 11 is 0. The number of nitrogens with one attached hydrogen (secondary N) is 1. The molecule has 1 aromatic heterocycles. The molecule has 2 aliphatic heterocycles. The Morgan fingerprint density at radius 1 is 1.10 bits per heavy atom. The molecule has 0 aliphatic carbocycles. The molecule has 13 heteroatoms. The first-order valence-electron chi connectivity index (χ1n) is 13.6. The lowest BCUT2D eigenvalue weighted by molar-refractivity contribution is -0.138. The molecule has 3 aromatic rings. The number of benzene rings is 2. The molecule has 2 atom stereocenters. The Balaban J connectivity index is 1.24. The van der Waals surface area contributed by atoms with Crippen LogP contribution in [-0.2, 0) is 4.79 Å². The Morgan fingerprint density at radius 3 is 2.55 bits per heavy atom. The van der Waals surface area contributed by atoms with E-state index >= 15 is 0 Å². The average molecular weight is 575 g/mol. The van der Waals surface area contributed by atoms with Crippen molar-refractivity contribution in [3.8, 4) is 23.2 Å². The topological polar surface area (TPSA) is 148 Å². The Morgan fingerprint density at radius 2 is 1.86 bits per heavy atom. The molecule has 2 saturated heterocycles. The number of hydrogen-bond donors (Lipinski definition) is 2. The maximum Gasteiger partial charge on any atom is 0.253 e. The zero-order valence-electron chi connectivity index (χ0n) is 23.1. The number of likely N-dealkylation sites (N-methyl/N-ethyl adjacent to an activating group) is 1. The maximum atomic E-state index is 14.7. The second-order valence-electron chi connectivity index (χ2n) is 10.2. The second-order valence-corrected chi connectivity index (χ2v) is 10.2. The molecular formula is C29H31FN8O4. The number of aliphatic hydroxyl groups is 1. The van der Waals surface area contributed by atoms with E-state index in [1.807, 2.05) is 11.9 Å². The molecule has 0 bridgehead atoms. The van der Waals surface area contributed by atoms with Crippen LogP contribution in [0.4, 0.5) is 16.0 Å². The lowest BCUT2D eigenvalue weighted by Gasteiger charge is -2.34. The van der Waals surface area contributed by atoms with Gasteiger partial charge in [0, 0.05) is 56.0 Å². The highest BCUT2D eigenvalue weighted by atomic mass is 19.1. The summed E-state index contributed by atoms with van der Waals surface area (Å²) in [5, 5.41) is 21.9. The number of carbonyl (C=O) groups is 2. The number of amides is 2. The van der Waals surface area contributed by atoms with E-state index in [1.165, 1.54) is 11.2 Å². The zero-order valence-corrected chi connectivity index (χ0v) is 23.1. The van der Waals surface area contributed by atoms with Gasteiger partial charge in [0.15, 0.2) is 12.0 Å². The predicted molar refractivity (Wildman–Crippen MR) is 151 cm³/mol. The van der Waals surface area contributed by atoms with E-state index < -0.39 is 24.8 Å². The summed E-state index contributed by atoms with van der Waals surface area (Å²) < 4.78 is 20.5. The Labute approximate surface area is 242 Å². The third-order valence-electron chi connectivity index (χ3n) is 7.36. The van der Waals surface area contributed by atoms with E-state index in [0.29, 0.717) is 35.7 Å². The molecule has 2 aliphatic rings. The van der Waals surface area contributed by atoms with Gasteiger partial charge in [-0.25, -0.2) is 14.4 Å². The quantitative estimate of drug-likeness (QED) is 0.428. The smallest absolute Gasteiger partial charge is 0.253 e. The van der Waals surface area contributed by atoms with Gasteiger partial charge in [0.25, 0.3) is 5.91 Å². The average Bonchev–Trinajstić information content (AvgIpc) is 3.02. The van der Waals surface area contributed by atoms with Crippen molar-refractivity contribution in [1.82, 2.24) is 29.7 Å². The van der Waals surface area contributed by atoms with Crippen molar-refractivity contribution in [2.75, 3.05) is 58.2 Å². The van der Waals surface area contributed by atoms with Gasteiger partial charge in [-0.2, -0.15) is 10.2 Å². The second kappa shape index (κ2) is 12.9. The fraction of sp³-hybridized carbons (Fsp3) is 0.379. The van der Waals surface area contributed by atoms with Crippen LogP contribution in [0.2, 0.25) is 0 Å². The third kappa shape index (κ3) is 6.62. The molecule has 2 N–H and O–H groups in total. The van der Waals surface area contributed by atoms with Gasteiger partial charge >= 0.3 is 0 Å². The van der Waals surface area contributed by atoms with Gasteiger partial charge < -0.3 is 29.9 Å². The number of aliphatic hydroxyl groups excluding tert-OH is 1. The van der Waals surface area contributed by atoms with Crippen molar-refractivity contribution in [3.05, 3.63) is 59.9 Å². The number of rotatable bonds is 7. The number of carbonyl (C=O) groups excluding carboxylic acids is 2. The Bertz CT molecular complexity index is 1470. The Kier molecular flexibility index (Phi) is 8.85. The van der Waals surface area contributed by atoms with Crippen LogP contribution < -0.4 is 10.1 Å². The number of likely N-dealkylation sites (tertiary alicyclic amines) is 1. The molecule has 0 unspecified atom stereocenters. The van der Waals surface area contributed by atoms with Gasteiger partial charge in [-0.1, -0.05) is 0 Å². The fourth-order valence-corrected chi connectivity index (χ4v) is 4.88. The summed E-state index contributed by atoms with van der Waals surface area (Å²) in [4.78, 5) is 42.7. The van der Waals surface area contributed by atoms with Gasteiger partial charge in [0.1, 0.15) is 30.9 Å². The number of hydrogen-bond acceptors (Lipinski definition) is 10. The molecule has 2 fully saturated rings. The summed E-state index contributed by atoms with van der Waals surface area (Å²) in [6, 6.07) is 14.0. The van der Waals surface area contributed by atoms with Crippen LogP contribution in [0.3, 0.4) is 0 Å². The largest absolute Gasteiger partial charge is 0.486 e. The predicted octanol–water partition coefficient (Wildman–Crippen LogP) is 1.85. The van der Waals surface area contributed by atoms with Crippen LogP contribution in [0.15, 0.2) is 48.8 Å². The number of halogens is 1. The number of ether oxygens (including phenoxy) is 1. The van der Waals surface area contributed by atoms with Crippen molar-refractivity contribution in [3.63, 3.8) is 0 Å². The first-order valence-corrected chi connectivity index (χ1v) is 13.6. The SMILES string of the molecule is CN1CCN(C(=O)c2ccc(Nc3ncnc(-c4ccc(O[C@H]5CCN(C(=O)CO)C[C@@H]5F)c(C#N)c4)n3)cc2)CC1. The lowest BCUT2D eigenvalue weighted by atomic mass is 10.0. The molecule has 3 heterocycles. The lowest BCUT2D eigenvalue weighted by Crippen LogP contribution is -2.50. The van der Waals surface area contributed by atoms with Crippen LogP contribution in [0, 0.1) is 11.3 Å². The number of alkyl halides is 1. The van der Waals surface area contributed by atoms with Crippen LogP contribution in [0.5, 0.6) is 5.75 Å². The standard InChI is InChI=1S/C29H31FN8O4/c1-36-10-12-37(13-11-36)28(41)19-2-5-22(6-3-19)34-29-33-18-32-27(35-29)20-4-7-24(21(14-20)15-31)42-25-8-9-38(16-23(25)30)26(40)17-39/h2-7,14,18,23,25,39H,8-13,16-17H2,1H3,(H,32,33,34,35)/t23-,25-/m0/s1. The number of piperidine rings is 1. The van der Waals surface area contributed by atoms with E-state index in [0.717, 1.165) is 13.1 Å². The molecule has 0 spiro atoms. The minimum Gasteiger partial charge on any atom is -0.486 e. The number of aromatic nitrogens is 3. The van der Waals surface area contributed by atoms with Crippen LogP contribution in [0.1, 0.15) is 22.3 Å². The van der Waals surface area contributed by atoms with E-state index in [-0.39, 0.29) is 42.7 Å². The van der Waals surface area contributed by atoms with Gasteiger partial charge in [-0.3, -0.25) is 9.59 Å². The number of nitrogens with zero attached hydrogens (tertiary/aromatic N) is 7. The van der Waals surface area contributed by atoms with E-state index in [9.17, 15) is 19.2 Å². The van der Waals surface area contributed by atoms with Crippen LogP contribution in [-0.4, -0.2) is 112 Å². The van der Waals surface area contributed by atoms with Crippen molar-refractivity contribution in [1.29, 1.82) is 5.26 Å². The fourth-order valence-electron chi connectivity index (χ4n) is 4.88. The summed E-state index contributed by atoms with van der Waals surface area (Å²) in [6.45, 7) is 2.51. The molecule has 12 nitrogen and oxygen atoms in total. The summed E-state index contributed by atoms with van der Waals surface area (Å²) in [5.41, 5.74) is 2.02. The van der Waals surface area contributed by atoms with Gasteiger partial charge in [0.2, 0.25) is 11.9 Å². The highest BCUT2D eigenvalue weighted by Gasteiger charge is 2.33. The highest BCUT2D eigenvalue weighted by Crippen LogP contribution is 2.28. The molecular weight excluding hydrogens is 543 g/mol. The molecule has 0 saturated carbocycles.